The zero-order valence-electron chi connectivity index (χ0n) is 13.8. The number of halogens is 1. The van der Waals surface area contributed by atoms with Crippen LogP contribution in [-0.2, 0) is 11.2 Å². The maximum atomic E-state index is 11.5. The fraction of sp³-hybridized carbons (Fsp3) is 0.625. The molecule has 1 aromatic heterocycles. The van der Waals surface area contributed by atoms with Gasteiger partial charge in [0, 0.05) is 45.0 Å². The Morgan fingerprint density at radius 1 is 1.43 bits per heavy atom. The summed E-state index contributed by atoms with van der Waals surface area (Å²) in [6.07, 6.45) is 3.78. The lowest BCUT2D eigenvalue weighted by molar-refractivity contribution is -0.121. The molecule has 0 aliphatic carbocycles. The Bertz CT molecular complexity index is 538. The molecule has 0 bridgehead atoms. The van der Waals surface area contributed by atoms with Crippen molar-refractivity contribution in [1.29, 1.82) is 0 Å². The normalized spacial score (nSPS) is 16.5. The van der Waals surface area contributed by atoms with Gasteiger partial charge in [0.25, 0.3) is 0 Å². The van der Waals surface area contributed by atoms with Crippen molar-refractivity contribution in [3.63, 3.8) is 0 Å². The highest BCUT2D eigenvalue weighted by atomic mass is 127. The minimum atomic E-state index is 0.150. The zero-order chi connectivity index (χ0) is 16.7. The van der Waals surface area contributed by atoms with Gasteiger partial charge in [-0.25, -0.2) is 0 Å². The van der Waals surface area contributed by atoms with Gasteiger partial charge in [-0.05, 0) is 59.9 Å². The lowest BCUT2D eigenvalue weighted by atomic mass is 9.93. The average molecular weight is 448 g/mol. The Hall–Kier alpha value is -0.830. The number of carbonyl (C=O) groups is 1. The van der Waals surface area contributed by atoms with E-state index in [1.54, 1.807) is 7.05 Å². The molecule has 0 spiro atoms. The Balaban J connectivity index is 1.73. The number of hydrogen-bond donors (Lipinski definition) is 2. The molecule has 0 aromatic carbocycles. The largest absolute Gasteiger partial charge is 0.359 e. The summed E-state index contributed by atoms with van der Waals surface area (Å²) in [5.41, 5.74) is 0. The van der Waals surface area contributed by atoms with E-state index in [-0.39, 0.29) is 5.91 Å². The molecule has 1 amide bonds. The number of aliphatic imine (C=N–C) groups is 1. The molecule has 7 heteroatoms. The first kappa shape index (κ1) is 18.5. The van der Waals surface area contributed by atoms with Crippen LogP contribution in [0, 0.1) is 8.80 Å². The van der Waals surface area contributed by atoms with Crippen LogP contribution < -0.4 is 10.6 Å². The summed E-state index contributed by atoms with van der Waals surface area (Å²) < 4.78 is 1.33. The lowest BCUT2D eigenvalue weighted by Crippen LogP contribution is -2.46. The van der Waals surface area contributed by atoms with E-state index in [9.17, 15) is 4.79 Å². The summed E-state index contributed by atoms with van der Waals surface area (Å²) in [4.78, 5) is 19.6. The van der Waals surface area contributed by atoms with Crippen LogP contribution in [0.3, 0.4) is 0 Å². The molecule has 2 rings (SSSR count). The molecule has 2 heterocycles. The first-order chi connectivity index (χ1) is 11.1. The Morgan fingerprint density at radius 3 is 2.74 bits per heavy atom. The van der Waals surface area contributed by atoms with Crippen LogP contribution in [0.1, 0.15) is 24.1 Å². The van der Waals surface area contributed by atoms with Crippen LogP contribution in [0.15, 0.2) is 17.1 Å². The van der Waals surface area contributed by atoms with E-state index in [4.69, 9.17) is 0 Å². The van der Waals surface area contributed by atoms with Crippen molar-refractivity contribution in [2.75, 3.05) is 33.7 Å². The SMILES string of the molecule is CN=C(NCCc1ccc(I)s1)N1CCC(CC(=O)NC)CC1. The fourth-order valence-corrected chi connectivity index (χ4v) is 4.58. The number of piperidine rings is 1. The molecule has 1 aliphatic rings. The monoisotopic (exact) mass is 448 g/mol. The van der Waals surface area contributed by atoms with E-state index in [0.29, 0.717) is 12.3 Å². The number of amides is 1. The fourth-order valence-electron chi connectivity index (χ4n) is 2.83. The van der Waals surface area contributed by atoms with E-state index >= 15 is 0 Å². The van der Waals surface area contributed by atoms with Crippen molar-refractivity contribution in [2.45, 2.75) is 25.7 Å². The van der Waals surface area contributed by atoms with Crippen LogP contribution in [0.25, 0.3) is 0 Å². The molecule has 23 heavy (non-hydrogen) atoms. The number of thiophene rings is 1. The smallest absolute Gasteiger partial charge is 0.220 e. The second kappa shape index (κ2) is 9.46. The first-order valence-electron chi connectivity index (χ1n) is 8.02. The summed E-state index contributed by atoms with van der Waals surface area (Å²) in [5.74, 6) is 1.63. The summed E-state index contributed by atoms with van der Waals surface area (Å²) in [7, 11) is 3.55. The van der Waals surface area contributed by atoms with Crippen LogP contribution in [0.5, 0.6) is 0 Å². The lowest BCUT2D eigenvalue weighted by Gasteiger charge is -2.34. The number of nitrogens with one attached hydrogen (secondary N) is 2. The summed E-state index contributed by atoms with van der Waals surface area (Å²) in [5, 5.41) is 6.18. The van der Waals surface area contributed by atoms with Gasteiger partial charge in [0.2, 0.25) is 5.91 Å². The van der Waals surface area contributed by atoms with Crippen LogP contribution in [0.4, 0.5) is 0 Å². The molecule has 1 fully saturated rings. The van der Waals surface area contributed by atoms with E-state index in [2.05, 4.69) is 55.2 Å². The summed E-state index contributed by atoms with van der Waals surface area (Å²) in [6.45, 7) is 2.85. The van der Waals surface area contributed by atoms with Crippen molar-refractivity contribution < 1.29 is 4.79 Å². The van der Waals surface area contributed by atoms with Gasteiger partial charge in [-0.15, -0.1) is 11.3 Å². The van der Waals surface area contributed by atoms with Gasteiger partial charge in [-0.3, -0.25) is 9.79 Å². The predicted molar refractivity (Wildman–Crippen MR) is 105 cm³/mol. The third-order valence-corrected chi connectivity index (χ3v) is 6.12. The van der Waals surface area contributed by atoms with Crippen molar-refractivity contribution in [3.8, 4) is 0 Å². The number of hydrogen-bond acceptors (Lipinski definition) is 3. The van der Waals surface area contributed by atoms with Gasteiger partial charge < -0.3 is 15.5 Å². The average Bonchev–Trinajstić information content (AvgIpc) is 2.98. The molecule has 2 N–H and O–H groups in total. The third kappa shape index (κ3) is 5.95. The van der Waals surface area contributed by atoms with Gasteiger partial charge in [0.15, 0.2) is 5.96 Å². The van der Waals surface area contributed by atoms with Crippen LogP contribution in [0.2, 0.25) is 0 Å². The molecule has 0 saturated carbocycles. The second-order valence-electron chi connectivity index (χ2n) is 5.74. The van der Waals surface area contributed by atoms with E-state index in [0.717, 1.165) is 44.9 Å². The molecule has 1 aliphatic heterocycles. The molecular formula is C16H25IN4OS. The van der Waals surface area contributed by atoms with E-state index in [1.807, 2.05) is 18.4 Å². The Kier molecular flexibility index (Phi) is 7.61. The van der Waals surface area contributed by atoms with Crippen molar-refractivity contribution >= 4 is 45.8 Å². The third-order valence-electron chi connectivity index (χ3n) is 4.16. The number of carbonyl (C=O) groups excluding carboxylic acids is 1. The molecule has 5 nitrogen and oxygen atoms in total. The second-order valence-corrected chi connectivity index (χ2v) is 8.80. The molecule has 1 saturated heterocycles. The zero-order valence-corrected chi connectivity index (χ0v) is 16.7. The van der Waals surface area contributed by atoms with E-state index in [1.165, 1.54) is 7.76 Å². The van der Waals surface area contributed by atoms with Gasteiger partial charge in [0.05, 0.1) is 2.88 Å². The summed E-state index contributed by atoms with van der Waals surface area (Å²) in [6, 6.07) is 4.35. The standard InChI is InChI=1S/C16H25IN4OS/c1-18-15(22)11-12-6-9-21(10-7-12)16(19-2)20-8-5-13-3-4-14(17)23-13/h3-4,12H,5-11H2,1-2H3,(H,18,22)(H,19,20). The van der Waals surface area contributed by atoms with Gasteiger partial charge >= 0.3 is 0 Å². The Morgan fingerprint density at radius 2 is 2.17 bits per heavy atom. The first-order valence-corrected chi connectivity index (χ1v) is 9.92. The van der Waals surface area contributed by atoms with Crippen LogP contribution >= 0.6 is 33.9 Å². The van der Waals surface area contributed by atoms with Gasteiger partial charge in [0.1, 0.15) is 0 Å². The molecule has 1 aromatic rings. The maximum Gasteiger partial charge on any atom is 0.220 e. The topological polar surface area (TPSA) is 56.7 Å². The molecule has 0 unspecified atom stereocenters. The minimum Gasteiger partial charge on any atom is -0.359 e. The van der Waals surface area contributed by atoms with Crippen molar-refractivity contribution in [3.05, 3.63) is 19.9 Å². The highest BCUT2D eigenvalue weighted by Gasteiger charge is 2.22. The molecular weight excluding hydrogens is 423 g/mol. The number of rotatable bonds is 5. The maximum absolute atomic E-state index is 11.5. The van der Waals surface area contributed by atoms with Crippen molar-refractivity contribution in [2.24, 2.45) is 10.9 Å². The number of likely N-dealkylation sites (tertiary alicyclic amines) is 1. The van der Waals surface area contributed by atoms with Crippen molar-refractivity contribution in [1.82, 2.24) is 15.5 Å². The predicted octanol–water partition coefficient (Wildman–Crippen LogP) is 2.32. The number of guanidine groups is 1. The quantitative estimate of drug-likeness (QED) is 0.413. The van der Waals surface area contributed by atoms with Gasteiger partial charge in [-0.1, -0.05) is 0 Å². The minimum absolute atomic E-state index is 0.150. The molecule has 128 valence electrons. The highest BCUT2D eigenvalue weighted by Crippen LogP contribution is 2.21. The van der Waals surface area contributed by atoms with E-state index < -0.39 is 0 Å². The van der Waals surface area contributed by atoms with Crippen LogP contribution in [-0.4, -0.2) is 50.5 Å². The molecule has 0 radical (unpaired) electrons. The highest BCUT2D eigenvalue weighted by molar-refractivity contribution is 14.1. The summed E-state index contributed by atoms with van der Waals surface area (Å²) >= 11 is 4.20. The number of nitrogens with zero attached hydrogens (tertiary/aromatic N) is 2. The molecule has 0 atom stereocenters. The van der Waals surface area contributed by atoms with Gasteiger partial charge in [-0.2, -0.15) is 0 Å². The Labute approximate surface area is 156 Å².